The summed E-state index contributed by atoms with van der Waals surface area (Å²) in [5.41, 5.74) is 0.372. The number of carbonyl (C=O) groups excluding carboxylic acids is 2. The minimum atomic E-state index is -0.384. The molecule has 4 heterocycles. The first-order chi connectivity index (χ1) is 11.1. The van der Waals surface area contributed by atoms with Crippen molar-refractivity contribution in [2.24, 2.45) is 11.3 Å². The van der Waals surface area contributed by atoms with Crippen LogP contribution in [0.2, 0.25) is 0 Å². The molecule has 2 amide bonds. The van der Waals surface area contributed by atoms with Gasteiger partial charge in [-0.15, -0.1) is 0 Å². The van der Waals surface area contributed by atoms with Crippen LogP contribution in [-0.4, -0.2) is 72.8 Å². The van der Waals surface area contributed by atoms with Gasteiger partial charge in [0.15, 0.2) is 0 Å². The van der Waals surface area contributed by atoms with Gasteiger partial charge in [-0.1, -0.05) is 0 Å². The molecular formula is C17H23N3O2S. The fraction of sp³-hybridized carbons (Fsp3) is 0.647. The van der Waals surface area contributed by atoms with Crippen LogP contribution in [0.4, 0.5) is 0 Å². The molecule has 1 aromatic rings. The van der Waals surface area contributed by atoms with E-state index in [9.17, 15) is 9.59 Å². The number of likely N-dealkylation sites (tertiary alicyclic amines) is 3. The number of hydrogen-bond donors (Lipinski definition) is 0. The Labute approximate surface area is 140 Å². The van der Waals surface area contributed by atoms with E-state index in [4.69, 9.17) is 0 Å². The lowest BCUT2D eigenvalue weighted by atomic mass is 9.79. The first-order valence-corrected chi connectivity index (χ1v) is 9.34. The summed E-state index contributed by atoms with van der Waals surface area (Å²) in [5.74, 6) is 0.630. The molecule has 0 aliphatic carbocycles. The highest BCUT2D eigenvalue weighted by Crippen LogP contribution is 2.44. The molecule has 0 spiro atoms. The van der Waals surface area contributed by atoms with Gasteiger partial charge < -0.3 is 14.7 Å². The minimum absolute atomic E-state index is 0.0805. The van der Waals surface area contributed by atoms with Crippen LogP contribution in [0.1, 0.15) is 23.2 Å². The Bertz CT molecular complexity index is 611. The molecule has 3 fully saturated rings. The van der Waals surface area contributed by atoms with E-state index >= 15 is 0 Å². The standard InChI is InChI=1S/C17H23N3O2S/c1-18-8-14-9-20(15(21)13-4-7-23-10-13)12-17(14,11-18)16(22)19-5-2-3-6-19/h4,7,10,14H,2-3,5-6,8-9,11-12H2,1H3/t14-,17-/m0/s1. The molecule has 3 aliphatic heterocycles. The number of nitrogens with zero attached hydrogens (tertiary/aromatic N) is 3. The van der Waals surface area contributed by atoms with Crippen LogP contribution < -0.4 is 0 Å². The van der Waals surface area contributed by atoms with Crippen LogP contribution in [0.5, 0.6) is 0 Å². The summed E-state index contributed by atoms with van der Waals surface area (Å²) in [6.07, 6.45) is 2.22. The van der Waals surface area contributed by atoms with Crippen LogP contribution >= 0.6 is 11.3 Å². The molecule has 0 unspecified atom stereocenters. The van der Waals surface area contributed by atoms with E-state index in [0.29, 0.717) is 13.1 Å². The Morgan fingerprint density at radius 1 is 1.17 bits per heavy atom. The van der Waals surface area contributed by atoms with Gasteiger partial charge in [0.1, 0.15) is 0 Å². The van der Waals surface area contributed by atoms with Gasteiger partial charge in [0, 0.05) is 50.6 Å². The maximum Gasteiger partial charge on any atom is 0.254 e. The predicted octanol–water partition coefficient (Wildman–Crippen LogP) is 1.37. The highest BCUT2D eigenvalue weighted by Gasteiger charge is 2.58. The Balaban J connectivity index is 1.58. The first kappa shape index (κ1) is 15.1. The monoisotopic (exact) mass is 333 g/mol. The van der Waals surface area contributed by atoms with Gasteiger partial charge in [0.25, 0.3) is 5.91 Å². The summed E-state index contributed by atoms with van der Waals surface area (Å²) in [6.45, 7) is 4.74. The normalized spacial score (nSPS) is 30.9. The van der Waals surface area contributed by atoms with Crippen molar-refractivity contribution in [3.63, 3.8) is 0 Å². The van der Waals surface area contributed by atoms with Crippen molar-refractivity contribution in [1.82, 2.24) is 14.7 Å². The lowest BCUT2D eigenvalue weighted by molar-refractivity contribution is -0.141. The number of hydrogen-bond acceptors (Lipinski definition) is 4. The highest BCUT2D eigenvalue weighted by atomic mass is 32.1. The van der Waals surface area contributed by atoms with Gasteiger partial charge in [-0.2, -0.15) is 11.3 Å². The maximum absolute atomic E-state index is 13.2. The van der Waals surface area contributed by atoms with Gasteiger partial charge >= 0.3 is 0 Å². The van der Waals surface area contributed by atoms with Gasteiger partial charge in [-0.25, -0.2) is 0 Å². The van der Waals surface area contributed by atoms with E-state index in [1.807, 2.05) is 26.6 Å². The Hall–Kier alpha value is -1.40. The molecule has 124 valence electrons. The second-order valence-electron chi connectivity index (χ2n) is 7.25. The minimum Gasteiger partial charge on any atom is -0.342 e. The number of rotatable bonds is 2. The molecule has 0 N–H and O–H groups in total. The summed E-state index contributed by atoms with van der Waals surface area (Å²) in [6, 6.07) is 1.88. The zero-order valence-electron chi connectivity index (χ0n) is 13.5. The van der Waals surface area contributed by atoms with Crippen molar-refractivity contribution in [3.05, 3.63) is 22.4 Å². The summed E-state index contributed by atoms with van der Waals surface area (Å²) in [7, 11) is 2.09. The molecule has 0 saturated carbocycles. The molecule has 0 radical (unpaired) electrons. The van der Waals surface area contributed by atoms with Crippen LogP contribution in [0.15, 0.2) is 16.8 Å². The van der Waals surface area contributed by atoms with Crippen LogP contribution in [0.3, 0.4) is 0 Å². The van der Waals surface area contributed by atoms with Gasteiger partial charge in [0.05, 0.1) is 11.0 Å². The smallest absolute Gasteiger partial charge is 0.254 e. The Kier molecular flexibility index (Phi) is 3.69. The third-order valence-corrected chi connectivity index (χ3v) is 6.34. The number of carbonyl (C=O) groups is 2. The molecule has 23 heavy (non-hydrogen) atoms. The molecule has 0 bridgehead atoms. The van der Waals surface area contributed by atoms with Crippen molar-refractivity contribution in [3.8, 4) is 0 Å². The van der Waals surface area contributed by atoms with Gasteiger partial charge in [-0.05, 0) is 31.3 Å². The van der Waals surface area contributed by atoms with Crippen molar-refractivity contribution in [2.75, 3.05) is 46.3 Å². The number of amides is 2. The number of thiophene rings is 1. The van der Waals surface area contributed by atoms with E-state index in [2.05, 4.69) is 11.9 Å². The van der Waals surface area contributed by atoms with Crippen molar-refractivity contribution in [1.29, 1.82) is 0 Å². The Morgan fingerprint density at radius 3 is 2.65 bits per heavy atom. The fourth-order valence-electron chi connectivity index (χ4n) is 4.58. The maximum atomic E-state index is 13.2. The third kappa shape index (κ3) is 2.39. The van der Waals surface area contributed by atoms with Crippen molar-refractivity contribution >= 4 is 23.2 Å². The zero-order chi connectivity index (χ0) is 16.0. The second-order valence-corrected chi connectivity index (χ2v) is 8.03. The molecule has 5 nitrogen and oxygen atoms in total. The molecular weight excluding hydrogens is 310 g/mol. The third-order valence-electron chi connectivity index (χ3n) is 5.65. The van der Waals surface area contributed by atoms with Crippen molar-refractivity contribution in [2.45, 2.75) is 12.8 Å². The fourth-order valence-corrected chi connectivity index (χ4v) is 5.21. The average Bonchev–Trinajstić information content (AvgIpc) is 3.28. The summed E-state index contributed by atoms with van der Waals surface area (Å²) < 4.78 is 0. The molecule has 6 heteroatoms. The van der Waals surface area contributed by atoms with Gasteiger partial charge in [-0.3, -0.25) is 9.59 Å². The van der Waals surface area contributed by atoms with Gasteiger partial charge in [0.2, 0.25) is 5.91 Å². The second kappa shape index (κ2) is 5.60. The zero-order valence-corrected chi connectivity index (χ0v) is 14.3. The summed E-state index contributed by atoms with van der Waals surface area (Å²) in [4.78, 5) is 32.1. The molecule has 4 rings (SSSR count). The van der Waals surface area contributed by atoms with E-state index in [1.54, 1.807) is 11.3 Å². The largest absolute Gasteiger partial charge is 0.342 e. The quantitative estimate of drug-likeness (QED) is 0.821. The topological polar surface area (TPSA) is 43.9 Å². The lowest BCUT2D eigenvalue weighted by Crippen LogP contribution is -2.48. The molecule has 1 aromatic heterocycles. The Morgan fingerprint density at radius 2 is 1.96 bits per heavy atom. The molecule has 2 atom stereocenters. The van der Waals surface area contributed by atoms with E-state index < -0.39 is 0 Å². The van der Waals surface area contributed by atoms with Crippen molar-refractivity contribution < 1.29 is 9.59 Å². The molecule has 3 aliphatic rings. The van der Waals surface area contributed by atoms with Crippen LogP contribution in [0.25, 0.3) is 0 Å². The number of fused-ring (bicyclic) bond motifs is 1. The first-order valence-electron chi connectivity index (χ1n) is 8.39. The van der Waals surface area contributed by atoms with Crippen LogP contribution in [-0.2, 0) is 4.79 Å². The SMILES string of the molecule is CN1C[C@H]2CN(C(=O)c3ccsc3)C[C@@]2(C(=O)N2CCCC2)C1. The highest BCUT2D eigenvalue weighted by molar-refractivity contribution is 7.08. The van der Waals surface area contributed by atoms with E-state index in [0.717, 1.165) is 44.6 Å². The lowest BCUT2D eigenvalue weighted by Gasteiger charge is -2.32. The molecule has 3 saturated heterocycles. The average molecular weight is 333 g/mol. The summed E-state index contributed by atoms with van der Waals surface area (Å²) >= 11 is 1.54. The van der Waals surface area contributed by atoms with Crippen LogP contribution in [0, 0.1) is 11.3 Å². The summed E-state index contributed by atoms with van der Waals surface area (Å²) in [5, 5.41) is 3.83. The van der Waals surface area contributed by atoms with E-state index in [-0.39, 0.29) is 23.1 Å². The predicted molar refractivity (Wildman–Crippen MR) is 89.5 cm³/mol. The molecule has 0 aromatic carbocycles. The van der Waals surface area contributed by atoms with E-state index in [1.165, 1.54) is 0 Å².